The second-order valence-electron chi connectivity index (χ2n) is 6.98. The molecule has 7 heteroatoms. The molecule has 0 aliphatic rings. The number of nitrogens with one attached hydrogen (secondary N) is 2. The van der Waals surface area contributed by atoms with E-state index in [-0.39, 0.29) is 23.5 Å². The minimum atomic E-state index is -3.55. The van der Waals surface area contributed by atoms with Gasteiger partial charge >= 0.3 is 0 Å². The van der Waals surface area contributed by atoms with Crippen LogP contribution in [-0.4, -0.2) is 27.0 Å². The van der Waals surface area contributed by atoms with Crippen LogP contribution in [0.2, 0.25) is 0 Å². The number of para-hydroxylation sites is 1. The van der Waals surface area contributed by atoms with E-state index in [1.165, 1.54) is 12.1 Å². The summed E-state index contributed by atoms with van der Waals surface area (Å²) in [4.78, 5) is 12.3. The summed E-state index contributed by atoms with van der Waals surface area (Å²) in [6.45, 7) is 7.61. The summed E-state index contributed by atoms with van der Waals surface area (Å²) in [6, 6.07) is 13.5. The van der Waals surface area contributed by atoms with E-state index in [0.717, 1.165) is 12.0 Å². The molecular formula is C21H28N2O4S. The summed E-state index contributed by atoms with van der Waals surface area (Å²) in [5.41, 5.74) is 1.58. The van der Waals surface area contributed by atoms with Crippen LogP contribution in [0.25, 0.3) is 0 Å². The molecule has 2 rings (SSSR count). The molecular weight excluding hydrogens is 376 g/mol. The first-order valence-corrected chi connectivity index (χ1v) is 10.8. The Morgan fingerprint density at radius 3 is 2.29 bits per heavy atom. The summed E-state index contributed by atoms with van der Waals surface area (Å²) < 4.78 is 32.5. The van der Waals surface area contributed by atoms with Crippen molar-refractivity contribution in [2.45, 2.75) is 51.0 Å². The topological polar surface area (TPSA) is 84.5 Å². The van der Waals surface area contributed by atoms with Crippen LogP contribution in [0.15, 0.2) is 53.4 Å². The van der Waals surface area contributed by atoms with Gasteiger partial charge in [-0.05, 0) is 62.1 Å². The number of anilines is 1. The molecule has 0 spiro atoms. The fourth-order valence-electron chi connectivity index (χ4n) is 2.68. The van der Waals surface area contributed by atoms with Gasteiger partial charge in [-0.2, -0.15) is 0 Å². The Balaban J connectivity index is 1.97. The fourth-order valence-corrected chi connectivity index (χ4v) is 3.93. The van der Waals surface area contributed by atoms with Crippen LogP contribution < -0.4 is 14.8 Å². The van der Waals surface area contributed by atoms with E-state index in [2.05, 4.69) is 23.9 Å². The number of amides is 1. The lowest BCUT2D eigenvalue weighted by atomic mass is 9.98. The zero-order chi connectivity index (χ0) is 20.7. The van der Waals surface area contributed by atoms with E-state index in [0.29, 0.717) is 17.4 Å². The van der Waals surface area contributed by atoms with Gasteiger partial charge in [0.25, 0.3) is 5.91 Å². The summed E-state index contributed by atoms with van der Waals surface area (Å²) in [5.74, 6) is 0.733. The van der Waals surface area contributed by atoms with Crippen molar-refractivity contribution >= 4 is 21.6 Å². The summed E-state index contributed by atoms with van der Waals surface area (Å²) in [5, 5.41) is 2.72. The van der Waals surface area contributed by atoms with Crippen LogP contribution in [0.5, 0.6) is 5.75 Å². The maximum absolute atomic E-state index is 12.2. The molecule has 0 fully saturated rings. The van der Waals surface area contributed by atoms with E-state index in [1.807, 2.05) is 24.3 Å². The van der Waals surface area contributed by atoms with Crippen molar-refractivity contribution in [1.82, 2.24) is 4.72 Å². The molecule has 1 unspecified atom stereocenters. The third kappa shape index (κ3) is 6.07. The van der Waals surface area contributed by atoms with E-state index in [4.69, 9.17) is 4.74 Å². The maximum Gasteiger partial charge on any atom is 0.262 e. The van der Waals surface area contributed by atoms with Gasteiger partial charge in [0, 0.05) is 11.7 Å². The molecule has 6 nitrogen and oxygen atoms in total. The molecule has 0 radical (unpaired) electrons. The molecule has 152 valence electrons. The van der Waals surface area contributed by atoms with Gasteiger partial charge in [-0.15, -0.1) is 0 Å². The Labute approximate surface area is 167 Å². The van der Waals surface area contributed by atoms with Crippen LogP contribution in [0.4, 0.5) is 5.69 Å². The molecule has 28 heavy (non-hydrogen) atoms. The first-order valence-electron chi connectivity index (χ1n) is 9.37. The molecule has 0 saturated heterocycles. The van der Waals surface area contributed by atoms with Crippen molar-refractivity contribution in [1.29, 1.82) is 0 Å². The van der Waals surface area contributed by atoms with Crippen molar-refractivity contribution in [3.05, 3.63) is 54.1 Å². The highest BCUT2D eigenvalue weighted by molar-refractivity contribution is 7.89. The van der Waals surface area contributed by atoms with Crippen molar-refractivity contribution < 1.29 is 17.9 Å². The van der Waals surface area contributed by atoms with Crippen LogP contribution in [0.3, 0.4) is 0 Å². The first-order chi connectivity index (χ1) is 13.2. The molecule has 0 heterocycles. The highest BCUT2D eigenvalue weighted by atomic mass is 32.2. The van der Waals surface area contributed by atoms with E-state index >= 15 is 0 Å². The summed E-state index contributed by atoms with van der Waals surface area (Å²) in [6.07, 6.45) is 0.980. The molecule has 2 N–H and O–H groups in total. The molecule has 0 saturated carbocycles. The number of rotatable bonds is 9. The quantitative estimate of drug-likeness (QED) is 0.664. The first kappa shape index (κ1) is 21.9. The Bertz CT molecular complexity index is 893. The SMILES string of the molecule is CCC(C)c1ccccc1OCC(=O)Nc1ccc(S(=O)(=O)NC(C)C)cc1. The Morgan fingerprint density at radius 2 is 1.68 bits per heavy atom. The van der Waals surface area contributed by atoms with Crippen molar-refractivity contribution in [2.24, 2.45) is 0 Å². The van der Waals surface area contributed by atoms with Crippen molar-refractivity contribution in [3.63, 3.8) is 0 Å². The number of carbonyl (C=O) groups excluding carboxylic acids is 1. The fraction of sp³-hybridized carbons (Fsp3) is 0.381. The van der Waals surface area contributed by atoms with Crippen LogP contribution in [0, 0.1) is 0 Å². The van der Waals surface area contributed by atoms with Crippen molar-refractivity contribution in [3.8, 4) is 5.75 Å². The predicted molar refractivity (Wildman–Crippen MR) is 111 cm³/mol. The highest BCUT2D eigenvalue weighted by Gasteiger charge is 2.15. The third-order valence-electron chi connectivity index (χ3n) is 4.26. The molecule has 0 aliphatic carbocycles. The second-order valence-corrected chi connectivity index (χ2v) is 8.70. The highest BCUT2D eigenvalue weighted by Crippen LogP contribution is 2.28. The van der Waals surface area contributed by atoms with Gasteiger partial charge in [0.1, 0.15) is 5.75 Å². The average Bonchev–Trinajstić information content (AvgIpc) is 2.65. The van der Waals surface area contributed by atoms with Gasteiger partial charge in [0.15, 0.2) is 6.61 Å². The zero-order valence-electron chi connectivity index (χ0n) is 16.7. The van der Waals surface area contributed by atoms with Crippen LogP contribution in [0.1, 0.15) is 45.6 Å². The van der Waals surface area contributed by atoms with Gasteiger partial charge in [0.2, 0.25) is 10.0 Å². The van der Waals surface area contributed by atoms with E-state index < -0.39 is 10.0 Å². The monoisotopic (exact) mass is 404 g/mol. The molecule has 1 atom stereocenters. The van der Waals surface area contributed by atoms with Gasteiger partial charge in [-0.1, -0.05) is 32.0 Å². The molecule has 2 aromatic carbocycles. The van der Waals surface area contributed by atoms with Crippen molar-refractivity contribution in [2.75, 3.05) is 11.9 Å². The van der Waals surface area contributed by atoms with E-state index in [9.17, 15) is 13.2 Å². The third-order valence-corrected chi connectivity index (χ3v) is 5.93. The Hall–Kier alpha value is -2.38. The smallest absolute Gasteiger partial charge is 0.262 e. The minimum absolute atomic E-state index is 0.123. The lowest BCUT2D eigenvalue weighted by Gasteiger charge is -2.15. The number of hydrogen-bond donors (Lipinski definition) is 2. The average molecular weight is 405 g/mol. The zero-order valence-corrected chi connectivity index (χ0v) is 17.5. The van der Waals surface area contributed by atoms with Crippen LogP contribution >= 0.6 is 0 Å². The normalized spacial score (nSPS) is 12.6. The Morgan fingerprint density at radius 1 is 1.04 bits per heavy atom. The van der Waals surface area contributed by atoms with Gasteiger partial charge in [-0.3, -0.25) is 4.79 Å². The molecule has 0 bridgehead atoms. The molecule has 1 amide bonds. The number of benzene rings is 2. The maximum atomic E-state index is 12.2. The number of hydrogen-bond acceptors (Lipinski definition) is 4. The predicted octanol–water partition coefficient (Wildman–Crippen LogP) is 3.90. The van der Waals surface area contributed by atoms with Gasteiger partial charge in [-0.25, -0.2) is 13.1 Å². The summed E-state index contributed by atoms with van der Waals surface area (Å²) in [7, 11) is -3.55. The Kier molecular flexibility index (Phi) is 7.60. The summed E-state index contributed by atoms with van der Waals surface area (Å²) >= 11 is 0. The number of sulfonamides is 1. The lowest BCUT2D eigenvalue weighted by molar-refractivity contribution is -0.118. The van der Waals surface area contributed by atoms with E-state index in [1.54, 1.807) is 26.0 Å². The number of carbonyl (C=O) groups is 1. The van der Waals surface area contributed by atoms with Gasteiger partial charge in [0.05, 0.1) is 4.90 Å². The molecule has 0 aromatic heterocycles. The van der Waals surface area contributed by atoms with Gasteiger partial charge < -0.3 is 10.1 Å². The number of ether oxygens (including phenoxy) is 1. The lowest BCUT2D eigenvalue weighted by Crippen LogP contribution is -2.30. The second kappa shape index (κ2) is 9.71. The molecule has 2 aromatic rings. The minimum Gasteiger partial charge on any atom is -0.483 e. The van der Waals surface area contributed by atoms with Crippen LogP contribution in [-0.2, 0) is 14.8 Å². The largest absolute Gasteiger partial charge is 0.483 e. The molecule has 0 aliphatic heterocycles. The standard InChI is InChI=1S/C21H28N2O4S/c1-5-16(4)19-8-6-7-9-20(19)27-14-21(24)22-17-10-12-18(13-11-17)28(25,26)23-15(2)3/h6-13,15-16,23H,5,14H2,1-4H3,(H,22,24).